The van der Waals surface area contributed by atoms with Crippen molar-refractivity contribution < 1.29 is 9.53 Å². The third kappa shape index (κ3) is 4.59. The molecule has 1 aromatic carbocycles. The Hall–Kier alpha value is -2.30. The molecule has 192 valence electrons. The molecule has 7 nitrogen and oxygen atoms in total. The smallest absolute Gasteiger partial charge is 0.223 e. The fourth-order valence-electron chi connectivity index (χ4n) is 7.19. The number of piperidine rings is 1. The summed E-state index contributed by atoms with van der Waals surface area (Å²) in [7, 11) is 0. The molecule has 2 saturated heterocycles. The maximum absolute atomic E-state index is 12.6. The first kappa shape index (κ1) is 24.1. The highest BCUT2D eigenvalue weighted by Crippen LogP contribution is 2.53. The number of amides is 1. The van der Waals surface area contributed by atoms with E-state index in [1.54, 1.807) is 0 Å². The van der Waals surface area contributed by atoms with Gasteiger partial charge in [-0.05, 0) is 74.5 Å². The van der Waals surface area contributed by atoms with Gasteiger partial charge in [0.15, 0.2) is 0 Å². The van der Waals surface area contributed by atoms with Gasteiger partial charge in [0, 0.05) is 32.0 Å². The zero-order valence-corrected chi connectivity index (χ0v) is 21.7. The molecule has 1 unspecified atom stereocenters. The Morgan fingerprint density at radius 2 is 1.97 bits per heavy atom. The van der Waals surface area contributed by atoms with E-state index in [1.807, 2.05) is 18.2 Å². The number of hydrazone groups is 1. The number of anilines is 1. The van der Waals surface area contributed by atoms with Crippen molar-refractivity contribution in [1.82, 2.24) is 10.2 Å². The first-order valence-electron chi connectivity index (χ1n) is 13.7. The Labute approximate surface area is 218 Å². The summed E-state index contributed by atoms with van der Waals surface area (Å²) in [5.41, 5.74) is 1.82. The first-order valence-corrected chi connectivity index (χ1v) is 14.1. The van der Waals surface area contributed by atoms with Gasteiger partial charge in [0.2, 0.25) is 5.91 Å². The van der Waals surface area contributed by atoms with Crippen molar-refractivity contribution in [3.05, 3.63) is 28.8 Å². The van der Waals surface area contributed by atoms with E-state index in [-0.39, 0.29) is 17.9 Å². The van der Waals surface area contributed by atoms with Crippen molar-refractivity contribution in [2.75, 3.05) is 31.3 Å². The summed E-state index contributed by atoms with van der Waals surface area (Å²) >= 11 is 6.39. The lowest BCUT2D eigenvalue weighted by molar-refractivity contribution is -0.135. The minimum Gasteiger partial charge on any atom is -0.379 e. The van der Waals surface area contributed by atoms with Crippen LogP contribution in [0, 0.1) is 28.6 Å². The molecule has 3 aliphatic heterocycles. The van der Waals surface area contributed by atoms with Crippen LogP contribution in [0.1, 0.15) is 69.8 Å². The summed E-state index contributed by atoms with van der Waals surface area (Å²) in [6.07, 6.45) is 11.3. The van der Waals surface area contributed by atoms with E-state index < -0.39 is 0 Å². The highest BCUT2D eigenvalue weighted by Gasteiger charge is 2.49. The second kappa shape index (κ2) is 9.87. The molecule has 0 bridgehead atoms. The Kier molecular flexibility index (Phi) is 6.60. The number of nitrogens with one attached hydrogen (secondary N) is 1. The summed E-state index contributed by atoms with van der Waals surface area (Å²) in [5, 5.41) is 20.3. The largest absolute Gasteiger partial charge is 0.379 e. The molecule has 2 aliphatic carbocycles. The summed E-state index contributed by atoms with van der Waals surface area (Å²) in [6, 6.07) is 8.42. The van der Waals surface area contributed by atoms with Crippen molar-refractivity contribution in [2.45, 2.75) is 76.3 Å². The molecule has 8 heteroatoms. The van der Waals surface area contributed by atoms with Crippen LogP contribution in [0.2, 0.25) is 5.02 Å². The van der Waals surface area contributed by atoms with Crippen LogP contribution in [0.3, 0.4) is 0 Å². The van der Waals surface area contributed by atoms with Crippen molar-refractivity contribution in [1.29, 1.82) is 5.26 Å². The van der Waals surface area contributed by atoms with Crippen molar-refractivity contribution in [3.63, 3.8) is 0 Å². The van der Waals surface area contributed by atoms with Gasteiger partial charge in [-0.25, -0.2) is 0 Å². The van der Waals surface area contributed by atoms with Gasteiger partial charge in [0.1, 0.15) is 11.9 Å². The summed E-state index contributed by atoms with van der Waals surface area (Å²) < 4.78 is 5.40. The van der Waals surface area contributed by atoms with Gasteiger partial charge in [-0.1, -0.05) is 24.4 Å². The van der Waals surface area contributed by atoms with E-state index in [0.29, 0.717) is 34.6 Å². The van der Waals surface area contributed by atoms with Gasteiger partial charge in [-0.15, -0.1) is 0 Å². The Morgan fingerprint density at radius 1 is 1.19 bits per heavy atom. The summed E-state index contributed by atoms with van der Waals surface area (Å²) in [5.74, 6) is 2.24. The van der Waals surface area contributed by atoms with Crippen LogP contribution in [0.5, 0.6) is 0 Å². The molecule has 5 aliphatic rings. The number of amidine groups is 1. The molecule has 0 aromatic heterocycles. The standard InChI is InChI=1S/C28H36ClN5O2/c29-24-13-23(6-5-20(24)17-30)34-25(19-3-1-2-4-19)14-26(32-34)33-10-8-28(9-11-33)15-21(16-28)27(35)31-22-7-12-36-18-22/h5-6,13,19,21-22,25H,1-4,7-12,14-16,18H2,(H,31,35)/t22-,25?/m1/s1. The van der Waals surface area contributed by atoms with Crippen LogP contribution in [0.4, 0.5) is 5.69 Å². The molecule has 0 radical (unpaired) electrons. The normalized spacial score (nSPS) is 28.3. The second-order valence-corrected chi connectivity index (χ2v) is 12.0. The molecule has 1 aromatic rings. The predicted octanol–water partition coefficient (Wildman–Crippen LogP) is 4.69. The summed E-state index contributed by atoms with van der Waals surface area (Å²) in [6.45, 7) is 3.46. The third-order valence-corrected chi connectivity index (χ3v) is 9.72. The second-order valence-electron chi connectivity index (χ2n) is 11.6. The van der Waals surface area contributed by atoms with Gasteiger partial charge in [-0.2, -0.15) is 10.4 Å². The Balaban J connectivity index is 1.09. The van der Waals surface area contributed by atoms with Crippen molar-refractivity contribution in [2.24, 2.45) is 22.4 Å². The molecular formula is C28H36ClN5O2. The van der Waals surface area contributed by atoms with Crippen molar-refractivity contribution in [3.8, 4) is 6.07 Å². The number of hydrogen-bond donors (Lipinski definition) is 1. The van der Waals surface area contributed by atoms with Gasteiger partial charge >= 0.3 is 0 Å². The SMILES string of the molecule is N#Cc1ccc(N2N=C(N3CCC4(CC3)CC(C(=O)N[C@@H]3CCOC3)C4)CC2C2CCCC2)cc1Cl. The minimum atomic E-state index is 0.171. The molecule has 4 fully saturated rings. The lowest BCUT2D eigenvalue weighted by Crippen LogP contribution is -2.53. The fourth-order valence-corrected chi connectivity index (χ4v) is 7.40. The molecule has 2 atom stereocenters. The molecule has 1 amide bonds. The van der Waals surface area contributed by atoms with E-state index in [2.05, 4.69) is 21.3 Å². The number of hydrogen-bond acceptors (Lipinski definition) is 6. The van der Waals surface area contributed by atoms with E-state index in [4.69, 9.17) is 21.4 Å². The third-order valence-electron chi connectivity index (χ3n) is 9.41. The van der Waals surface area contributed by atoms with Crippen LogP contribution in [-0.4, -0.2) is 55.0 Å². The van der Waals surface area contributed by atoms with E-state index >= 15 is 0 Å². The number of halogens is 1. The number of carbonyl (C=O) groups is 1. The Morgan fingerprint density at radius 3 is 2.64 bits per heavy atom. The minimum absolute atomic E-state index is 0.171. The zero-order valence-electron chi connectivity index (χ0n) is 20.9. The highest BCUT2D eigenvalue weighted by atomic mass is 35.5. The van der Waals surface area contributed by atoms with E-state index in [0.717, 1.165) is 63.9 Å². The first-order chi connectivity index (χ1) is 17.5. The van der Waals surface area contributed by atoms with Gasteiger partial charge in [0.05, 0.1) is 35.0 Å². The molecule has 36 heavy (non-hydrogen) atoms. The molecule has 3 heterocycles. The lowest BCUT2D eigenvalue weighted by atomic mass is 9.57. The molecule has 1 spiro atoms. The number of ether oxygens (including phenoxy) is 1. The van der Waals surface area contributed by atoms with Gasteiger partial charge in [0.25, 0.3) is 0 Å². The molecule has 2 saturated carbocycles. The number of likely N-dealkylation sites (tertiary alicyclic amines) is 1. The monoisotopic (exact) mass is 509 g/mol. The van der Waals surface area contributed by atoms with E-state index in [9.17, 15) is 10.1 Å². The molecule has 6 rings (SSSR count). The maximum Gasteiger partial charge on any atom is 0.223 e. The van der Waals surface area contributed by atoms with E-state index in [1.165, 1.54) is 31.5 Å². The van der Waals surface area contributed by atoms with Crippen LogP contribution < -0.4 is 10.3 Å². The number of benzene rings is 1. The topological polar surface area (TPSA) is 81.0 Å². The van der Waals surface area contributed by atoms with Gasteiger partial charge < -0.3 is 15.0 Å². The average Bonchev–Trinajstić information content (AvgIpc) is 3.64. The number of nitriles is 1. The number of rotatable bonds is 4. The lowest BCUT2D eigenvalue weighted by Gasteiger charge is -2.52. The fraction of sp³-hybridized carbons (Fsp3) is 0.679. The molecular weight excluding hydrogens is 474 g/mol. The Bertz CT molecular complexity index is 1060. The van der Waals surface area contributed by atoms with Crippen LogP contribution in [0.15, 0.2) is 23.3 Å². The number of nitrogens with zero attached hydrogens (tertiary/aromatic N) is 4. The number of carbonyl (C=O) groups excluding carboxylic acids is 1. The average molecular weight is 510 g/mol. The summed E-state index contributed by atoms with van der Waals surface area (Å²) in [4.78, 5) is 15.1. The highest BCUT2D eigenvalue weighted by molar-refractivity contribution is 6.32. The quantitative estimate of drug-likeness (QED) is 0.636. The maximum atomic E-state index is 12.6. The predicted molar refractivity (Wildman–Crippen MR) is 140 cm³/mol. The van der Waals surface area contributed by atoms with Crippen molar-refractivity contribution >= 4 is 29.0 Å². The van der Waals surface area contributed by atoms with Crippen LogP contribution in [-0.2, 0) is 9.53 Å². The van der Waals surface area contributed by atoms with Crippen LogP contribution in [0.25, 0.3) is 0 Å². The van der Waals surface area contributed by atoms with Gasteiger partial charge in [-0.3, -0.25) is 9.80 Å². The zero-order chi connectivity index (χ0) is 24.7. The molecule has 1 N–H and O–H groups in total. The van der Waals surface area contributed by atoms with Crippen LogP contribution >= 0.6 is 11.6 Å².